The number of amides is 1. The number of likely N-dealkylation sites (tertiary alicyclic amines) is 1. The van der Waals surface area contributed by atoms with Crippen LogP contribution >= 0.6 is 11.3 Å². The first-order chi connectivity index (χ1) is 11.1. The van der Waals surface area contributed by atoms with Crippen LogP contribution in [-0.2, 0) is 0 Å². The summed E-state index contributed by atoms with van der Waals surface area (Å²) < 4.78 is 13.0. The molecular formula is C16H17FN4OS. The molecule has 0 saturated carbocycles. The van der Waals surface area contributed by atoms with Crippen LogP contribution in [-0.4, -0.2) is 47.0 Å². The van der Waals surface area contributed by atoms with Crippen LogP contribution in [0, 0.1) is 24.6 Å². The van der Waals surface area contributed by atoms with Gasteiger partial charge < -0.3 is 9.80 Å². The molecule has 2 aromatic heterocycles. The van der Waals surface area contributed by atoms with Crippen molar-refractivity contribution >= 4 is 23.1 Å². The van der Waals surface area contributed by atoms with Gasteiger partial charge >= 0.3 is 0 Å². The number of pyridine rings is 1. The third-order valence-corrected chi connectivity index (χ3v) is 5.67. The molecule has 0 spiro atoms. The Morgan fingerprint density at radius 2 is 1.96 bits per heavy atom. The zero-order chi connectivity index (χ0) is 16.0. The van der Waals surface area contributed by atoms with E-state index < -0.39 is 0 Å². The number of nitrogens with zero attached hydrogens (tertiary/aromatic N) is 4. The van der Waals surface area contributed by atoms with Gasteiger partial charge in [0.05, 0.1) is 17.4 Å². The third-order valence-electron chi connectivity index (χ3n) is 4.75. The highest BCUT2D eigenvalue weighted by molar-refractivity contribution is 7.11. The molecule has 2 aliphatic rings. The number of halogens is 1. The number of hydrogen-bond acceptors (Lipinski definition) is 5. The van der Waals surface area contributed by atoms with Crippen LogP contribution in [0.3, 0.4) is 0 Å². The minimum atomic E-state index is -0.315. The first-order valence-electron chi connectivity index (χ1n) is 7.67. The number of aryl methyl sites for hydroxylation is 1. The van der Waals surface area contributed by atoms with E-state index in [-0.39, 0.29) is 11.7 Å². The van der Waals surface area contributed by atoms with Crippen LogP contribution in [0.25, 0.3) is 0 Å². The van der Waals surface area contributed by atoms with Crippen LogP contribution in [0.5, 0.6) is 0 Å². The lowest BCUT2D eigenvalue weighted by Crippen LogP contribution is -2.33. The van der Waals surface area contributed by atoms with Crippen molar-refractivity contribution in [3.63, 3.8) is 0 Å². The van der Waals surface area contributed by atoms with Crippen molar-refractivity contribution < 1.29 is 9.18 Å². The van der Waals surface area contributed by atoms with Gasteiger partial charge in [-0.25, -0.2) is 14.4 Å². The second-order valence-corrected chi connectivity index (χ2v) is 7.09. The monoisotopic (exact) mass is 332 g/mol. The Hall–Kier alpha value is -2.02. The molecule has 0 N–H and O–H groups in total. The number of carbonyl (C=O) groups is 1. The minimum Gasteiger partial charge on any atom is -0.356 e. The second-order valence-electron chi connectivity index (χ2n) is 6.24. The van der Waals surface area contributed by atoms with Crippen LogP contribution in [0.15, 0.2) is 23.8 Å². The molecule has 2 aliphatic heterocycles. The molecular weight excluding hydrogens is 315 g/mol. The van der Waals surface area contributed by atoms with E-state index in [2.05, 4.69) is 14.9 Å². The highest BCUT2D eigenvalue weighted by Crippen LogP contribution is 2.34. The molecule has 2 fully saturated rings. The fraction of sp³-hybridized carbons (Fsp3) is 0.438. The van der Waals surface area contributed by atoms with Crippen LogP contribution < -0.4 is 4.90 Å². The Morgan fingerprint density at radius 1 is 1.22 bits per heavy atom. The lowest BCUT2D eigenvalue weighted by atomic mass is 10.0. The maximum absolute atomic E-state index is 13.0. The van der Waals surface area contributed by atoms with Crippen LogP contribution in [0.1, 0.15) is 15.4 Å². The van der Waals surface area contributed by atoms with Crippen molar-refractivity contribution in [2.75, 3.05) is 31.1 Å². The molecule has 4 heterocycles. The summed E-state index contributed by atoms with van der Waals surface area (Å²) in [5.41, 5.74) is 2.54. The van der Waals surface area contributed by atoms with Gasteiger partial charge in [0, 0.05) is 38.0 Å². The van der Waals surface area contributed by atoms with E-state index in [0.29, 0.717) is 11.8 Å². The lowest BCUT2D eigenvalue weighted by Gasteiger charge is -2.22. The molecule has 1 amide bonds. The van der Waals surface area contributed by atoms with Crippen LogP contribution in [0.2, 0.25) is 0 Å². The van der Waals surface area contributed by atoms with Crippen molar-refractivity contribution in [1.29, 1.82) is 0 Å². The van der Waals surface area contributed by atoms with Crippen molar-refractivity contribution in [3.05, 3.63) is 40.2 Å². The predicted octanol–water partition coefficient (Wildman–Crippen LogP) is 2.19. The van der Waals surface area contributed by atoms with Crippen LogP contribution in [0.4, 0.5) is 10.2 Å². The zero-order valence-electron chi connectivity index (χ0n) is 12.8. The summed E-state index contributed by atoms with van der Waals surface area (Å²) in [5, 5.41) is 0. The Balaban J connectivity index is 1.43. The molecule has 2 saturated heterocycles. The largest absolute Gasteiger partial charge is 0.356 e. The Labute approximate surface area is 137 Å². The average molecular weight is 332 g/mol. The Morgan fingerprint density at radius 3 is 2.52 bits per heavy atom. The Kier molecular flexibility index (Phi) is 3.52. The molecule has 23 heavy (non-hydrogen) atoms. The third kappa shape index (κ3) is 2.59. The maximum Gasteiger partial charge on any atom is 0.265 e. The molecule has 4 rings (SSSR count). The molecule has 2 unspecified atom stereocenters. The summed E-state index contributed by atoms with van der Waals surface area (Å²) in [7, 11) is 0. The lowest BCUT2D eigenvalue weighted by molar-refractivity contribution is 0.0786. The molecule has 0 radical (unpaired) electrons. The van der Waals surface area contributed by atoms with E-state index >= 15 is 0 Å². The van der Waals surface area contributed by atoms with E-state index in [0.717, 1.165) is 42.6 Å². The first kappa shape index (κ1) is 14.6. The summed E-state index contributed by atoms with van der Waals surface area (Å²) in [5.74, 6) is 1.52. The van der Waals surface area contributed by atoms with Gasteiger partial charge in [0.1, 0.15) is 16.5 Å². The van der Waals surface area contributed by atoms with E-state index in [9.17, 15) is 9.18 Å². The minimum absolute atomic E-state index is 0.103. The molecule has 0 bridgehead atoms. The van der Waals surface area contributed by atoms with E-state index in [1.165, 1.54) is 23.6 Å². The van der Waals surface area contributed by atoms with E-state index in [4.69, 9.17) is 0 Å². The van der Waals surface area contributed by atoms with Crippen molar-refractivity contribution in [2.24, 2.45) is 11.8 Å². The van der Waals surface area contributed by atoms with Gasteiger partial charge in [0.15, 0.2) is 0 Å². The molecule has 0 aromatic carbocycles. The average Bonchev–Trinajstić information content (AvgIpc) is 3.21. The fourth-order valence-corrected chi connectivity index (χ4v) is 4.32. The maximum atomic E-state index is 13.0. The molecule has 120 valence electrons. The van der Waals surface area contributed by atoms with Gasteiger partial charge in [0.25, 0.3) is 5.91 Å². The van der Waals surface area contributed by atoms with Gasteiger partial charge in [0.2, 0.25) is 0 Å². The summed E-state index contributed by atoms with van der Waals surface area (Å²) >= 11 is 1.41. The quantitative estimate of drug-likeness (QED) is 0.846. The molecule has 2 atom stereocenters. The van der Waals surface area contributed by atoms with Crippen molar-refractivity contribution in [3.8, 4) is 0 Å². The number of thiazole rings is 1. The molecule has 0 aliphatic carbocycles. The van der Waals surface area contributed by atoms with Gasteiger partial charge in [-0.05, 0) is 19.1 Å². The molecule has 5 nitrogen and oxygen atoms in total. The predicted molar refractivity (Wildman–Crippen MR) is 86.1 cm³/mol. The number of hydrogen-bond donors (Lipinski definition) is 0. The number of fused-ring (bicyclic) bond motifs is 1. The van der Waals surface area contributed by atoms with Gasteiger partial charge in [-0.1, -0.05) is 0 Å². The summed E-state index contributed by atoms with van der Waals surface area (Å²) in [4.78, 5) is 25.8. The number of aromatic nitrogens is 2. The first-order valence-corrected chi connectivity index (χ1v) is 8.55. The SMILES string of the molecule is Cc1ncsc1C(=O)N1CC2CN(c3ccc(F)cn3)CC2C1. The van der Waals surface area contributed by atoms with Gasteiger partial charge in [-0.2, -0.15) is 0 Å². The smallest absolute Gasteiger partial charge is 0.265 e. The van der Waals surface area contributed by atoms with E-state index in [1.807, 2.05) is 11.8 Å². The Bertz CT molecular complexity index is 718. The number of anilines is 1. The fourth-order valence-electron chi connectivity index (χ4n) is 3.55. The zero-order valence-corrected chi connectivity index (χ0v) is 13.6. The normalized spacial score (nSPS) is 23.4. The topological polar surface area (TPSA) is 49.3 Å². The van der Waals surface area contributed by atoms with Crippen molar-refractivity contribution in [2.45, 2.75) is 6.92 Å². The van der Waals surface area contributed by atoms with Crippen molar-refractivity contribution in [1.82, 2.24) is 14.9 Å². The molecule has 2 aromatic rings. The summed E-state index contributed by atoms with van der Waals surface area (Å²) in [6, 6.07) is 3.17. The summed E-state index contributed by atoms with van der Waals surface area (Å²) in [6.07, 6.45) is 1.26. The molecule has 7 heteroatoms. The highest BCUT2D eigenvalue weighted by atomic mass is 32.1. The number of carbonyl (C=O) groups excluding carboxylic acids is 1. The number of rotatable bonds is 2. The standard InChI is InChI=1S/C16H17FN4OS/c1-10-15(23-9-19-10)16(22)21-7-11-5-20(6-12(11)8-21)14-3-2-13(17)4-18-14/h2-4,9,11-12H,5-8H2,1H3. The van der Waals surface area contributed by atoms with E-state index in [1.54, 1.807) is 11.6 Å². The van der Waals surface area contributed by atoms with Gasteiger partial charge in [-0.3, -0.25) is 4.79 Å². The second kappa shape index (κ2) is 5.56. The summed E-state index contributed by atoms with van der Waals surface area (Å²) in [6.45, 7) is 5.17. The van der Waals surface area contributed by atoms with Gasteiger partial charge in [-0.15, -0.1) is 11.3 Å². The highest BCUT2D eigenvalue weighted by Gasteiger charge is 2.42.